The van der Waals surface area contributed by atoms with Gasteiger partial charge in [-0.1, -0.05) is 31.4 Å². The summed E-state index contributed by atoms with van der Waals surface area (Å²) in [4.78, 5) is 0. The zero-order valence-electron chi connectivity index (χ0n) is 7.34. The minimum absolute atomic E-state index is 0.116. The molecule has 1 fully saturated rings. The third-order valence-electron chi connectivity index (χ3n) is 2.61. The quantitative estimate of drug-likeness (QED) is 0.454. The molecule has 0 heterocycles. The van der Waals surface area contributed by atoms with Crippen molar-refractivity contribution in [3.05, 3.63) is 12.2 Å². The second-order valence-electron chi connectivity index (χ2n) is 3.66. The van der Waals surface area contributed by atoms with Gasteiger partial charge in [0.15, 0.2) is 0 Å². The molecule has 0 radical (unpaired) electrons. The predicted octanol–water partition coefficient (Wildman–Crippen LogP) is 2.50. The van der Waals surface area contributed by atoms with Crippen LogP contribution >= 0.6 is 0 Å². The van der Waals surface area contributed by atoms with Gasteiger partial charge in [0, 0.05) is 5.92 Å². The van der Waals surface area contributed by atoms with E-state index >= 15 is 0 Å². The van der Waals surface area contributed by atoms with Crippen LogP contribution in [0.2, 0.25) is 0 Å². The first-order valence-corrected chi connectivity index (χ1v) is 4.55. The van der Waals surface area contributed by atoms with Crippen molar-refractivity contribution in [2.75, 3.05) is 0 Å². The van der Waals surface area contributed by atoms with Gasteiger partial charge in [0.2, 0.25) is 0 Å². The summed E-state index contributed by atoms with van der Waals surface area (Å²) in [5.41, 5.74) is 1.15. The summed E-state index contributed by atoms with van der Waals surface area (Å²) in [6.07, 6.45) is 5.71. The SMILES string of the molecule is C=C(C)[C@@H]1CCCCC[C@H]1O. The molecule has 0 saturated heterocycles. The van der Waals surface area contributed by atoms with E-state index in [1.165, 1.54) is 19.3 Å². The number of rotatable bonds is 1. The third-order valence-corrected chi connectivity index (χ3v) is 2.61. The summed E-state index contributed by atoms with van der Waals surface area (Å²) in [6, 6.07) is 0. The minimum Gasteiger partial charge on any atom is -0.393 e. The monoisotopic (exact) mass is 154 g/mol. The molecule has 64 valence electrons. The number of aliphatic hydroxyl groups is 1. The Kier molecular flexibility index (Phi) is 3.13. The fourth-order valence-corrected chi connectivity index (χ4v) is 1.86. The van der Waals surface area contributed by atoms with Crippen molar-refractivity contribution in [3.8, 4) is 0 Å². The lowest BCUT2D eigenvalue weighted by molar-refractivity contribution is 0.118. The summed E-state index contributed by atoms with van der Waals surface area (Å²) in [5.74, 6) is 0.373. The highest BCUT2D eigenvalue weighted by atomic mass is 16.3. The van der Waals surface area contributed by atoms with E-state index in [1.807, 2.05) is 6.92 Å². The molecule has 0 aromatic carbocycles. The Morgan fingerprint density at radius 3 is 2.55 bits per heavy atom. The first-order chi connectivity index (χ1) is 5.22. The lowest BCUT2D eigenvalue weighted by atomic mass is 9.91. The number of aliphatic hydroxyl groups excluding tert-OH is 1. The van der Waals surface area contributed by atoms with Gasteiger partial charge in [0.1, 0.15) is 0 Å². The van der Waals surface area contributed by atoms with Crippen LogP contribution in [0.5, 0.6) is 0 Å². The Morgan fingerprint density at radius 1 is 1.27 bits per heavy atom. The summed E-state index contributed by atoms with van der Waals surface area (Å²) in [6.45, 7) is 5.94. The van der Waals surface area contributed by atoms with Crippen LogP contribution in [0.25, 0.3) is 0 Å². The standard InChI is InChI=1S/C10H18O/c1-8(2)9-6-4-3-5-7-10(9)11/h9-11H,1,3-7H2,2H3/t9-,10+/m0/s1. The Morgan fingerprint density at radius 2 is 1.91 bits per heavy atom. The summed E-state index contributed by atoms with van der Waals surface area (Å²) >= 11 is 0. The molecule has 1 aliphatic rings. The van der Waals surface area contributed by atoms with Crippen molar-refractivity contribution < 1.29 is 5.11 Å². The van der Waals surface area contributed by atoms with Crippen LogP contribution in [0, 0.1) is 5.92 Å². The third kappa shape index (κ3) is 2.33. The number of hydrogen-bond acceptors (Lipinski definition) is 1. The van der Waals surface area contributed by atoms with Crippen molar-refractivity contribution in [2.24, 2.45) is 5.92 Å². The molecule has 1 heteroatoms. The fraction of sp³-hybridized carbons (Fsp3) is 0.800. The van der Waals surface area contributed by atoms with Crippen molar-refractivity contribution >= 4 is 0 Å². The Labute approximate surface area is 69.1 Å². The molecular formula is C10H18O. The van der Waals surface area contributed by atoms with E-state index in [9.17, 15) is 5.11 Å². The van der Waals surface area contributed by atoms with Crippen LogP contribution in [0.3, 0.4) is 0 Å². The van der Waals surface area contributed by atoms with Gasteiger partial charge >= 0.3 is 0 Å². The van der Waals surface area contributed by atoms with E-state index in [2.05, 4.69) is 6.58 Å². The molecule has 2 atom stereocenters. The van der Waals surface area contributed by atoms with E-state index in [1.54, 1.807) is 0 Å². The van der Waals surface area contributed by atoms with Crippen molar-refractivity contribution in [1.29, 1.82) is 0 Å². The van der Waals surface area contributed by atoms with Crippen molar-refractivity contribution in [1.82, 2.24) is 0 Å². The minimum atomic E-state index is -0.116. The lowest BCUT2D eigenvalue weighted by Gasteiger charge is -2.19. The molecule has 0 aromatic rings. The van der Waals surface area contributed by atoms with Gasteiger partial charge in [-0.25, -0.2) is 0 Å². The first kappa shape index (κ1) is 8.79. The van der Waals surface area contributed by atoms with E-state index in [4.69, 9.17) is 0 Å². The first-order valence-electron chi connectivity index (χ1n) is 4.55. The largest absolute Gasteiger partial charge is 0.393 e. The predicted molar refractivity (Wildman–Crippen MR) is 47.4 cm³/mol. The second-order valence-corrected chi connectivity index (χ2v) is 3.66. The van der Waals surface area contributed by atoms with Crippen molar-refractivity contribution in [3.63, 3.8) is 0 Å². The maximum Gasteiger partial charge on any atom is 0.0605 e. The summed E-state index contributed by atoms with van der Waals surface area (Å²) < 4.78 is 0. The zero-order chi connectivity index (χ0) is 8.27. The molecular weight excluding hydrogens is 136 g/mol. The Balaban J connectivity index is 2.52. The van der Waals surface area contributed by atoms with Crippen LogP contribution in [0.15, 0.2) is 12.2 Å². The fourth-order valence-electron chi connectivity index (χ4n) is 1.86. The van der Waals surface area contributed by atoms with E-state index in [-0.39, 0.29) is 6.10 Å². The van der Waals surface area contributed by atoms with Crippen LogP contribution in [-0.4, -0.2) is 11.2 Å². The molecule has 0 aromatic heterocycles. The van der Waals surface area contributed by atoms with Gasteiger partial charge in [-0.2, -0.15) is 0 Å². The van der Waals surface area contributed by atoms with Crippen LogP contribution in [-0.2, 0) is 0 Å². The molecule has 0 spiro atoms. The van der Waals surface area contributed by atoms with E-state index in [0.29, 0.717) is 5.92 Å². The summed E-state index contributed by atoms with van der Waals surface area (Å²) in [5, 5.41) is 9.66. The van der Waals surface area contributed by atoms with Gasteiger partial charge in [0.05, 0.1) is 6.10 Å². The maximum absolute atomic E-state index is 9.66. The topological polar surface area (TPSA) is 20.2 Å². The van der Waals surface area contributed by atoms with Gasteiger partial charge < -0.3 is 5.11 Å². The molecule has 1 aliphatic carbocycles. The van der Waals surface area contributed by atoms with Crippen LogP contribution in [0.4, 0.5) is 0 Å². The van der Waals surface area contributed by atoms with Gasteiger partial charge in [0.25, 0.3) is 0 Å². The average molecular weight is 154 g/mol. The highest BCUT2D eigenvalue weighted by Gasteiger charge is 2.21. The normalized spacial score (nSPS) is 32.9. The smallest absolute Gasteiger partial charge is 0.0605 e. The molecule has 1 nitrogen and oxygen atoms in total. The Hall–Kier alpha value is -0.300. The molecule has 1 rings (SSSR count). The molecule has 0 aliphatic heterocycles. The van der Waals surface area contributed by atoms with E-state index in [0.717, 1.165) is 18.4 Å². The highest BCUT2D eigenvalue weighted by Crippen LogP contribution is 2.27. The number of hydrogen-bond donors (Lipinski definition) is 1. The average Bonchev–Trinajstić information content (AvgIpc) is 2.13. The zero-order valence-corrected chi connectivity index (χ0v) is 7.34. The molecule has 0 bridgehead atoms. The van der Waals surface area contributed by atoms with Crippen LogP contribution in [0.1, 0.15) is 39.0 Å². The highest BCUT2D eigenvalue weighted by molar-refractivity contribution is 4.99. The molecule has 0 unspecified atom stereocenters. The van der Waals surface area contributed by atoms with Gasteiger partial charge in [-0.3, -0.25) is 0 Å². The molecule has 0 amide bonds. The van der Waals surface area contributed by atoms with Crippen LogP contribution < -0.4 is 0 Å². The van der Waals surface area contributed by atoms with Gasteiger partial charge in [-0.05, 0) is 19.8 Å². The molecule has 11 heavy (non-hydrogen) atoms. The maximum atomic E-state index is 9.66. The lowest BCUT2D eigenvalue weighted by Crippen LogP contribution is -2.19. The van der Waals surface area contributed by atoms with Crippen molar-refractivity contribution in [2.45, 2.75) is 45.1 Å². The van der Waals surface area contributed by atoms with E-state index < -0.39 is 0 Å². The second kappa shape index (κ2) is 3.91. The molecule has 1 N–H and O–H groups in total. The Bertz CT molecular complexity index is 140. The molecule has 1 saturated carbocycles. The summed E-state index contributed by atoms with van der Waals surface area (Å²) in [7, 11) is 0. The van der Waals surface area contributed by atoms with Gasteiger partial charge in [-0.15, -0.1) is 0 Å².